The fraction of sp³-hybridized carbons (Fsp3) is 0.316. The normalized spacial score (nSPS) is 17.6. The van der Waals surface area contributed by atoms with Crippen molar-refractivity contribution in [2.45, 2.75) is 24.8 Å². The number of anilines is 1. The van der Waals surface area contributed by atoms with Crippen LogP contribution >= 0.6 is 0 Å². The number of morpholine rings is 1. The van der Waals surface area contributed by atoms with Gasteiger partial charge in [0.15, 0.2) is 0 Å². The van der Waals surface area contributed by atoms with Crippen molar-refractivity contribution in [3.05, 3.63) is 59.4 Å². The van der Waals surface area contributed by atoms with E-state index in [4.69, 9.17) is 4.74 Å². The number of aryl methyl sites for hydroxylation is 1. The summed E-state index contributed by atoms with van der Waals surface area (Å²) < 4.78 is 46.4. The van der Waals surface area contributed by atoms with Gasteiger partial charge in [0, 0.05) is 24.3 Å². The number of nitrogens with zero attached hydrogens (tertiary/aromatic N) is 1. The molecular weight excluding hydrogens is 371 g/mol. The summed E-state index contributed by atoms with van der Waals surface area (Å²) in [5, 5.41) is 0. The number of carbonyl (C=O) groups excluding carboxylic acids is 1. The van der Waals surface area contributed by atoms with Crippen LogP contribution in [0.5, 0.6) is 0 Å². The molecule has 0 aromatic heterocycles. The number of amides is 1. The smallest absolute Gasteiger partial charge is 0.261 e. The molecule has 0 saturated carbocycles. The second kappa shape index (κ2) is 7.66. The molecule has 0 spiro atoms. The molecule has 0 radical (unpaired) electrons. The van der Waals surface area contributed by atoms with Crippen LogP contribution in [0.3, 0.4) is 0 Å². The zero-order valence-electron chi connectivity index (χ0n) is 15.1. The molecule has 1 unspecified atom stereocenters. The molecule has 1 atom stereocenters. The van der Waals surface area contributed by atoms with Crippen LogP contribution in [0.2, 0.25) is 0 Å². The predicted octanol–water partition coefficient (Wildman–Crippen LogP) is 2.80. The van der Waals surface area contributed by atoms with E-state index in [2.05, 4.69) is 4.72 Å². The first kappa shape index (κ1) is 19.3. The molecule has 1 amide bonds. The van der Waals surface area contributed by atoms with E-state index in [1.54, 1.807) is 23.1 Å². The van der Waals surface area contributed by atoms with E-state index in [9.17, 15) is 17.6 Å². The number of ether oxygens (including phenoxy) is 1. The fourth-order valence-electron chi connectivity index (χ4n) is 2.90. The van der Waals surface area contributed by atoms with E-state index in [0.717, 1.165) is 6.07 Å². The first-order chi connectivity index (χ1) is 12.8. The van der Waals surface area contributed by atoms with Gasteiger partial charge in [0.1, 0.15) is 5.82 Å². The van der Waals surface area contributed by atoms with Crippen molar-refractivity contribution in [1.29, 1.82) is 0 Å². The third-order valence-corrected chi connectivity index (χ3v) is 5.71. The van der Waals surface area contributed by atoms with Crippen LogP contribution < -0.4 is 4.72 Å². The molecule has 1 aliphatic heterocycles. The number of halogens is 1. The number of carbonyl (C=O) groups is 1. The van der Waals surface area contributed by atoms with Crippen LogP contribution in [0.1, 0.15) is 22.8 Å². The number of benzene rings is 2. The minimum absolute atomic E-state index is 0.0360. The lowest BCUT2D eigenvalue weighted by Gasteiger charge is -2.31. The molecule has 3 rings (SSSR count). The van der Waals surface area contributed by atoms with Gasteiger partial charge in [-0.3, -0.25) is 9.52 Å². The van der Waals surface area contributed by atoms with Crippen LogP contribution in [0.15, 0.2) is 47.4 Å². The zero-order valence-corrected chi connectivity index (χ0v) is 15.9. The van der Waals surface area contributed by atoms with Gasteiger partial charge in [-0.25, -0.2) is 12.8 Å². The summed E-state index contributed by atoms with van der Waals surface area (Å²) in [6.45, 7) is 4.85. The van der Waals surface area contributed by atoms with Gasteiger partial charge in [0.2, 0.25) is 0 Å². The second-order valence-corrected chi connectivity index (χ2v) is 8.21. The Hall–Kier alpha value is -2.45. The maximum Gasteiger partial charge on any atom is 0.261 e. The molecule has 2 aromatic carbocycles. The molecule has 1 aliphatic rings. The molecule has 0 bridgehead atoms. The van der Waals surface area contributed by atoms with Gasteiger partial charge in [-0.05, 0) is 55.8 Å². The van der Waals surface area contributed by atoms with Crippen molar-refractivity contribution in [3.63, 3.8) is 0 Å². The molecule has 1 heterocycles. The number of rotatable bonds is 4. The van der Waals surface area contributed by atoms with Gasteiger partial charge < -0.3 is 9.64 Å². The summed E-state index contributed by atoms with van der Waals surface area (Å²) in [7, 11) is -3.89. The Morgan fingerprint density at radius 2 is 2.04 bits per heavy atom. The Morgan fingerprint density at radius 3 is 2.74 bits per heavy atom. The van der Waals surface area contributed by atoms with Crippen LogP contribution in [0.25, 0.3) is 0 Å². The first-order valence-electron chi connectivity index (χ1n) is 8.56. The number of hydrogen-bond donors (Lipinski definition) is 1. The second-order valence-electron chi connectivity index (χ2n) is 6.53. The standard InChI is InChI=1S/C19H21FN2O4S/c1-13-10-17(6-7-18(13)20)27(24,25)21-16-5-3-4-15(11-16)19(23)22-8-9-26-14(2)12-22/h3-7,10-11,14,21H,8-9,12H2,1-2H3. The summed E-state index contributed by atoms with van der Waals surface area (Å²) in [5.41, 5.74) is 0.895. The predicted molar refractivity (Wildman–Crippen MR) is 99.7 cm³/mol. The van der Waals surface area contributed by atoms with E-state index >= 15 is 0 Å². The van der Waals surface area contributed by atoms with Crippen molar-refractivity contribution >= 4 is 21.6 Å². The van der Waals surface area contributed by atoms with Gasteiger partial charge in [0.05, 0.1) is 17.6 Å². The quantitative estimate of drug-likeness (QED) is 0.868. The van der Waals surface area contributed by atoms with Crippen LogP contribution in [-0.4, -0.2) is 45.0 Å². The summed E-state index contributed by atoms with van der Waals surface area (Å²) in [6, 6.07) is 9.90. The van der Waals surface area contributed by atoms with E-state index in [1.165, 1.54) is 25.1 Å². The molecule has 1 saturated heterocycles. The van der Waals surface area contributed by atoms with Crippen molar-refractivity contribution in [2.24, 2.45) is 0 Å². The lowest BCUT2D eigenvalue weighted by Crippen LogP contribution is -2.44. The molecule has 0 aliphatic carbocycles. The Morgan fingerprint density at radius 1 is 1.26 bits per heavy atom. The lowest BCUT2D eigenvalue weighted by molar-refractivity contribution is -0.0124. The highest BCUT2D eigenvalue weighted by Gasteiger charge is 2.23. The highest BCUT2D eigenvalue weighted by Crippen LogP contribution is 2.20. The SMILES string of the molecule is Cc1cc(S(=O)(=O)Nc2cccc(C(=O)N3CCOC(C)C3)c2)ccc1F. The largest absolute Gasteiger partial charge is 0.375 e. The molecule has 144 valence electrons. The van der Waals surface area contributed by atoms with Gasteiger partial charge >= 0.3 is 0 Å². The van der Waals surface area contributed by atoms with Gasteiger partial charge in [-0.1, -0.05) is 6.07 Å². The zero-order chi connectivity index (χ0) is 19.6. The highest BCUT2D eigenvalue weighted by atomic mass is 32.2. The summed E-state index contributed by atoms with van der Waals surface area (Å²) in [6.07, 6.45) is -0.0360. The summed E-state index contributed by atoms with van der Waals surface area (Å²) >= 11 is 0. The van der Waals surface area contributed by atoms with Crippen LogP contribution in [0, 0.1) is 12.7 Å². The lowest BCUT2D eigenvalue weighted by atomic mass is 10.1. The van der Waals surface area contributed by atoms with E-state index in [1.807, 2.05) is 6.92 Å². The topological polar surface area (TPSA) is 75.7 Å². The molecule has 2 aromatic rings. The van der Waals surface area contributed by atoms with Gasteiger partial charge in [-0.2, -0.15) is 0 Å². The van der Waals surface area contributed by atoms with E-state index in [0.29, 0.717) is 25.3 Å². The van der Waals surface area contributed by atoms with E-state index in [-0.39, 0.29) is 28.2 Å². The maximum atomic E-state index is 13.4. The number of nitrogens with one attached hydrogen (secondary N) is 1. The number of sulfonamides is 1. The maximum absolute atomic E-state index is 13.4. The molecule has 27 heavy (non-hydrogen) atoms. The Kier molecular flexibility index (Phi) is 5.48. The highest BCUT2D eigenvalue weighted by molar-refractivity contribution is 7.92. The molecule has 1 fully saturated rings. The van der Waals surface area contributed by atoms with Crippen molar-refractivity contribution in [1.82, 2.24) is 4.90 Å². The summed E-state index contributed by atoms with van der Waals surface area (Å²) in [4.78, 5) is 14.3. The Balaban J connectivity index is 1.80. The van der Waals surface area contributed by atoms with Crippen molar-refractivity contribution < 1.29 is 22.3 Å². The minimum Gasteiger partial charge on any atom is -0.375 e. The monoisotopic (exact) mass is 392 g/mol. The molecular formula is C19H21FN2O4S. The minimum atomic E-state index is -3.89. The van der Waals surface area contributed by atoms with Gasteiger partial charge in [-0.15, -0.1) is 0 Å². The Bertz CT molecular complexity index is 962. The third-order valence-electron chi connectivity index (χ3n) is 4.33. The fourth-order valence-corrected chi connectivity index (χ4v) is 4.03. The third kappa shape index (κ3) is 4.45. The van der Waals surface area contributed by atoms with Crippen molar-refractivity contribution in [2.75, 3.05) is 24.4 Å². The number of hydrogen-bond acceptors (Lipinski definition) is 4. The first-order valence-corrected chi connectivity index (χ1v) is 10.0. The van der Waals surface area contributed by atoms with Crippen molar-refractivity contribution in [3.8, 4) is 0 Å². The molecule has 8 heteroatoms. The summed E-state index contributed by atoms with van der Waals surface area (Å²) in [5.74, 6) is -0.648. The average molecular weight is 392 g/mol. The molecule has 6 nitrogen and oxygen atoms in total. The molecule has 1 N–H and O–H groups in total. The van der Waals surface area contributed by atoms with Crippen LogP contribution in [-0.2, 0) is 14.8 Å². The van der Waals surface area contributed by atoms with Gasteiger partial charge in [0.25, 0.3) is 15.9 Å². The van der Waals surface area contributed by atoms with E-state index < -0.39 is 15.8 Å². The van der Waals surface area contributed by atoms with Crippen LogP contribution in [0.4, 0.5) is 10.1 Å². The Labute approximate surface area is 158 Å². The average Bonchev–Trinajstić information content (AvgIpc) is 2.63.